The molecule has 1 aromatic carbocycles. The average Bonchev–Trinajstić information content (AvgIpc) is 3.33. The Morgan fingerprint density at radius 1 is 1.02 bits per heavy atom. The van der Waals surface area contributed by atoms with Crippen molar-refractivity contribution in [2.45, 2.75) is 90.0 Å². The first kappa shape index (κ1) is 32.3. The van der Waals surface area contributed by atoms with E-state index < -0.39 is 45.2 Å². The predicted molar refractivity (Wildman–Crippen MR) is 142 cm³/mol. The number of nitrogens with zero attached hydrogens (tertiary/aromatic N) is 1. The Kier molecular flexibility index (Phi) is 10.4. The van der Waals surface area contributed by atoms with Crippen LogP contribution in [0.15, 0.2) is 30.3 Å². The van der Waals surface area contributed by atoms with Crippen molar-refractivity contribution in [2.24, 2.45) is 0 Å². The van der Waals surface area contributed by atoms with Gasteiger partial charge in [-0.3, -0.25) is 4.79 Å². The summed E-state index contributed by atoms with van der Waals surface area (Å²) in [5, 5.41) is 0. The van der Waals surface area contributed by atoms with Crippen LogP contribution < -0.4 is 9.46 Å². The van der Waals surface area contributed by atoms with Gasteiger partial charge in [-0.2, -0.15) is 13.2 Å². The van der Waals surface area contributed by atoms with E-state index in [1.807, 2.05) is 0 Å². The summed E-state index contributed by atoms with van der Waals surface area (Å²) in [6.45, 7) is 4.74. The molecule has 226 valence electrons. The number of carbonyl (C=O) groups excluding carboxylic acids is 2. The molecule has 0 bridgehead atoms. The number of halogens is 4. The SMILES string of the molecule is CC(C)(C)OC(=O)NS(=O)(=O)CCc1ccc(CC(=O)CCc2ccc(C(F)(F)F)nc2OC2CCCC2)cc1F. The summed E-state index contributed by atoms with van der Waals surface area (Å²) < 4.78 is 91.0. The van der Waals surface area contributed by atoms with E-state index in [0.29, 0.717) is 11.1 Å². The lowest BCUT2D eigenvalue weighted by molar-refractivity contribution is -0.141. The number of nitrogens with one attached hydrogen (secondary N) is 1. The molecule has 0 spiro atoms. The molecule has 41 heavy (non-hydrogen) atoms. The number of amides is 1. The maximum Gasteiger partial charge on any atom is 0.433 e. The first-order chi connectivity index (χ1) is 19.0. The van der Waals surface area contributed by atoms with Gasteiger partial charge in [0, 0.05) is 18.4 Å². The summed E-state index contributed by atoms with van der Waals surface area (Å²) in [5.41, 5.74) is -1.12. The van der Waals surface area contributed by atoms with Crippen LogP contribution in [-0.2, 0) is 45.0 Å². The number of rotatable bonds is 11. The van der Waals surface area contributed by atoms with Crippen molar-refractivity contribution in [1.82, 2.24) is 9.71 Å². The van der Waals surface area contributed by atoms with Gasteiger partial charge >= 0.3 is 12.3 Å². The molecule has 1 N–H and O–H groups in total. The minimum Gasteiger partial charge on any atom is -0.474 e. The van der Waals surface area contributed by atoms with Crippen LogP contribution in [0.5, 0.6) is 5.88 Å². The summed E-state index contributed by atoms with van der Waals surface area (Å²) in [6.07, 6.45) is -2.93. The van der Waals surface area contributed by atoms with E-state index in [9.17, 15) is 35.6 Å². The fourth-order valence-corrected chi connectivity index (χ4v) is 5.18. The van der Waals surface area contributed by atoms with Gasteiger partial charge in [0.05, 0.1) is 5.75 Å². The zero-order valence-corrected chi connectivity index (χ0v) is 24.0. The summed E-state index contributed by atoms with van der Waals surface area (Å²) >= 11 is 0. The van der Waals surface area contributed by atoms with E-state index >= 15 is 0 Å². The fraction of sp³-hybridized carbons (Fsp3) is 0.536. The van der Waals surface area contributed by atoms with Crippen LogP contribution in [-0.4, -0.2) is 42.7 Å². The molecule has 0 radical (unpaired) electrons. The Bertz CT molecular complexity index is 1350. The number of hydrogen-bond acceptors (Lipinski definition) is 7. The molecular weight excluding hydrogens is 568 g/mol. The Hall–Kier alpha value is -3.22. The van der Waals surface area contributed by atoms with Gasteiger partial charge < -0.3 is 9.47 Å². The summed E-state index contributed by atoms with van der Waals surface area (Å²) in [6, 6.07) is 6.13. The Labute approximate surface area is 236 Å². The molecule has 1 amide bonds. The van der Waals surface area contributed by atoms with Crippen LogP contribution in [0.3, 0.4) is 0 Å². The highest BCUT2D eigenvalue weighted by molar-refractivity contribution is 7.90. The molecule has 0 unspecified atom stereocenters. The summed E-state index contributed by atoms with van der Waals surface area (Å²) in [7, 11) is -4.08. The lowest BCUT2D eigenvalue weighted by Gasteiger charge is -2.19. The van der Waals surface area contributed by atoms with Crippen molar-refractivity contribution in [3.63, 3.8) is 0 Å². The monoisotopic (exact) mass is 602 g/mol. The number of ketones is 1. The van der Waals surface area contributed by atoms with Crippen molar-refractivity contribution >= 4 is 21.9 Å². The third-order valence-corrected chi connectivity index (χ3v) is 7.50. The molecule has 1 aliphatic carbocycles. The van der Waals surface area contributed by atoms with E-state index in [1.165, 1.54) is 18.2 Å². The number of hydrogen-bond donors (Lipinski definition) is 1. The van der Waals surface area contributed by atoms with Crippen LogP contribution in [0.4, 0.5) is 22.4 Å². The topological polar surface area (TPSA) is 112 Å². The molecule has 2 aromatic rings. The van der Waals surface area contributed by atoms with Crippen LogP contribution >= 0.6 is 0 Å². The quantitative estimate of drug-likeness (QED) is 0.328. The zero-order valence-electron chi connectivity index (χ0n) is 23.1. The lowest BCUT2D eigenvalue weighted by atomic mass is 10.0. The maximum atomic E-state index is 14.7. The van der Waals surface area contributed by atoms with Gasteiger partial charge in [0.15, 0.2) is 0 Å². The highest BCUT2D eigenvalue weighted by Gasteiger charge is 2.34. The normalized spacial score (nSPS) is 14.6. The van der Waals surface area contributed by atoms with Crippen LogP contribution in [0, 0.1) is 5.82 Å². The average molecular weight is 603 g/mol. The minimum atomic E-state index is -4.63. The fourth-order valence-electron chi connectivity index (χ4n) is 4.30. The summed E-state index contributed by atoms with van der Waals surface area (Å²) in [4.78, 5) is 28.0. The van der Waals surface area contributed by atoms with Crippen molar-refractivity contribution in [3.05, 3.63) is 58.5 Å². The smallest absolute Gasteiger partial charge is 0.433 e. The third-order valence-electron chi connectivity index (χ3n) is 6.28. The van der Waals surface area contributed by atoms with Crippen molar-refractivity contribution in [1.29, 1.82) is 0 Å². The standard InChI is InChI=1S/C28H34F4N2O6S/c1-27(2,3)40-26(36)34-41(37,38)15-14-19-9-8-18(17-23(19)29)16-21(35)12-10-20-11-13-24(28(30,31)32)33-25(20)39-22-6-4-5-7-22/h8-9,11,13,17,22H,4-7,10,12,14-16H2,1-3H3,(H,34,36). The van der Waals surface area contributed by atoms with E-state index in [0.717, 1.165) is 37.8 Å². The molecule has 13 heteroatoms. The van der Waals surface area contributed by atoms with Crippen molar-refractivity contribution < 1.29 is 45.0 Å². The molecule has 8 nitrogen and oxygen atoms in total. The number of aromatic nitrogens is 1. The number of sulfonamides is 1. The molecule has 0 aliphatic heterocycles. The van der Waals surface area contributed by atoms with Gasteiger partial charge in [0.2, 0.25) is 15.9 Å². The first-order valence-corrected chi connectivity index (χ1v) is 14.9. The highest BCUT2D eigenvalue weighted by atomic mass is 32.2. The molecule has 0 atom stereocenters. The number of aryl methyl sites for hydroxylation is 2. The number of benzene rings is 1. The van der Waals surface area contributed by atoms with Crippen molar-refractivity contribution in [3.8, 4) is 5.88 Å². The Morgan fingerprint density at radius 3 is 2.29 bits per heavy atom. The third kappa shape index (κ3) is 10.6. The van der Waals surface area contributed by atoms with Crippen LogP contribution in [0.2, 0.25) is 0 Å². The lowest BCUT2D eigenvalue weighted by Crippen LogP contribution is -2.37. The summed E-state index contributed by atoms with van der Waals surface area (Å²) in [5.74, 6) is -1.66. The van der Waals surface area contributed by atoms with E-state index in [4.69, 9.17) is 9.47 Å². The van der Waals surface area contributed by atoms with E-state index in [1.54, 1.807) is 25.5 Å². The first-order valence-electron chi connectivity index (χ1n) is 13.3. The van der Waals surface area contributed by atoms with Crippen LogP contribution in [0.25, 0.3) is 0 Å². The zero-order chi connectivity index (χ0) is 30.4. The number of ether oxygens (including phenoxy) is 2. The Morgan fingerprint density at radius 2 is 1.68 bits per heavy atom. The molecule has 0 saturated heterocycles. The highest BCUT2D eigenvalue weighted by Crippen LogP contribution is 2.32. The Balaban J connectivity index is 1.57. The van der Waals surface area contributed by atoms with Gasteiger partial charge in [-0.1, -0.05) is 18.2 Å². The largest absolute Gasteiger partial charge is 0.474 e. The molecule has 1 aromatic heterocycles. The molecule has 1 heterocycles. The van der Waals surface area contributed by atoms with Gasteiger partial charge in [-0.05, 0) is 82.6 Å². The number of alkyl halides is 3. The maximum absolute atomic E-state index is 14.7. The second kappa shape index (κ2) is 13.2. The predicted octanol–water partition coefficient (Wildman–Crippen LogP) is 5.70. The number of carbonyl (C=O) groups is 2. The minimum absolute atomic E-state index is 0.0218. The van der Waals surface area contributed by atoms with E-state index in [2.05, 4.69) is 4.98 Å². The van der Waals surface area contributed by atoms with Crippen LogP contribution in [0.1, 0.15) is 75.3 Å². The van der Waals surface area contributed by atoms with Crippen molar-refractivity contribution in [2.75, 3.05) is 5.75 Å². The van der Waals surface area contributed by atoms with Gasteiger partial charge in [0.1, 0.15) is 29.0 Å². The molecule has 1 saturated carbocycles. The second-order valence-electron chi connectivity index (χ2n) is 11.0. The second-order valence-corrected chi connectivity index (χ2v) is 12.8. The number of Topliss-reactive ketones (excluding diaryl/α,β-unsaturated/α-hetero) is 1. The molecule has 1 aliphatic rings. The number of pyridine rings is 1. The molecule has 1 fully saturated rings. The van der Waals surface area contributed by atoms with Gasteiger partial charge in [-0.15, -0.1) is 0 Å². The van der Waals surface area contributed by atoms with E-state index in [-0.39, 0.29) is 49.0 Å². The molecular formula is C28H34F4N2O6S. The molecule has 3 rings (SSSR count). The van der Waals surface area contributed by atoms with Gasteiger partial charge in [0.25, 0.3) is 0 Å². The van der Waals surface area contributed by atoms with Gasteiger partial charge in [-0.25, -0.2) is 27.3 Å².